The van der Waals surface area contributed by atoms with E-state index < -0.39 is 5.60 Å². The molecule has 0 amide bonds. The quantitative estimate of drug-likeness (QED) is 0.810. The van der Waals surface area contributed by atoms with Crippen molar-refractivity contribution in [3.63, 3.8) is 0 Å². The molecule has 1 aromatic heterocycles. The summed E-state index contributed by atoms with van der Waals surface area (Å²) in [5.41, 5.74) is 1.08. The first-order valence-corrected chi connectivity index (χ1v) is 6.49. The lowest BCUT2D eigenvalue weighted by atomic mass is 9.92. The van der Waals surface area contributed by atoms with Crippen LogP contribution in [-0.4, -0.2) is 44.0 Å². The van der Waals surface area contributed by atoms with Crippen molar-refractivity contribution in [2.75, 3.05) is 18.0 Å². The van der Waals surface area contributed by atoms with Gasteiger partial charge in [-0.05, 0) is 34.7 Å². The molecule has 3 rings (SSSR count). The average molecular weight is 269 g/mol. The Morgan fingerprint density at radius 3 is 2.35 bits per heavy atom. The monoisotopic (exact) mass is 269 g/mol. The lowest BCUT2D eigenvalue weighted by Gasteiger charge is -2.36. The van der Waals surface area contributed by atoms with E-state index >= 15 is 0 Å². The van der Waals surface area contributed by atoms with Gasteiger partial charge in [-0.3, -0.25) is 0 Å². The number of rotatable bonds is 2. The van der Waals surface area contributed by atoms with E-state index in [4.69, 9.17) is 6.42 Å². The number of nitrogens with zero attached hydrogens (tertiary/aromatic N) is 5. The van der Waals surface area contributed by atoms with E-state index in [0.29, 0.717) is 12.8 Å². The van der Waals surface area contributed by atoms with Gasteiger partial charge < -0.3 is 10.0 Å². The maximum Gasteiger partial charge on any atom is 0.143 e. The van der Waals surface area contributed by atoms with Crippen molar-refractivity contribution in [1.82, 2.24) is 20.2 Å². The third-order valence-corrected chi connectivity index (χ3v) is 3.69. The van der Waals surface area contributed by atoms with Crippen LogP contribution in [-0.2, 0) is 0 Å². The van der Waals surface area contributed by atoms with Crippen molar-refractivity contribution >= 4 is 5.69 Å². The summed E-state index contributed by atoms with van der Waals surface area (Å²) in [6.07, 6.45) is 8.11. The Hall–Kier alpha value is -2.39. The number of tetrazole rings is 1. The van der Waals surface area contributed by atoms with Gasteiger partial charge in [0.05, 0.1) is 5.69 Å². The maximum absolute atomic E-state index is 10.0. The summed E-state index contributed by atoms with van der Waals surface area (Å²) in [4.78, 5) is 2.22. The highest BCUT2D eigenvalue weighted by molar-refractivity contribution is 5.51. The predicted octanol–water partition coefficient (Wildman–Crippen LogP) is 0.627. The SMILES string of the molecule is C#CC1(O)CCN(c2ccc(-n3cnnn3)cc2)CC1. The van der Waals surface area contributed by atoms with Crippen molar-refractivity contribution < 1.29 is 5.11 Å². The van der Waals surface area contributed by atoms with Crippen LogP contribution < -0.4 is 4.90 Å². The van der Waals surface area contributed by atoms with Crippen molar-refractivity contribution in [2.45, 2.75) is 18.4 Å². The first kappa shape index (κ1) is 12.6. The Morgan fingerprint density at radius 1 is 1.15 bits per heavy atom. The molecule has 2 heterocycles. The van der Waals surface area contributed by atoms with Gasteiger partial charge in [0.2, 0.25) is 0 Å². The Bertz CT molecular complexity index is 606. The van der Waals surface area contributed by atoms with Gasteiger partial charge in [-0.15, -0.1) is 11.5 Å². The summed E-state index contributed by atoms with van der Waals surface area (Å²) < 4.78 is 1.61. The summed E-state index contributed by atoms with van der Waals surface area (Å²) >= 11 is 0. The molecule has 0 unspecified atom stereocenters. The van der Waals surface area contributed by atoms with Crippen molar-refractivity contribution in [1.29, 1.82) is 0 Å². The number of terminal acetylenes is 1. The fourth-order valence-electron chi connectivity index (χ4n) is 2.37. The van der Waals surface area contributed by atoms with E-state index in [-0.39, 0.29) is 0 Å². The topological polar surface area (TPSA) is 67.1 Å². The zero-order valence-corrected chi connectivity index (χ0v) is 11.0. The molecule has 6 heteroatoms. The highest BCUT2D eigenvalue weighted by atomic mass is 16.3. The minimum atomic E-state index is -0.942. The second-order valence-corrected chi connectivity index (χ2v) is 4.93. The molecule has 20 heavy (non-hydrogen) atoms. The number of aromatic nitrogens is 4. The number of hydrogen-bond acceptors (Lipinski definition) is 5. The molecule has 1 fully saturated rings. The lowest BCUT2D eigenvalue weighted by molar-refractivity contribution is 0.0748. The standard InChI is InChI=1S/C14H15N5O/c1-2-14(20)7-9-18(10-8-14)12-3-5-13(6-4-12)19-11-15-16-17-19/h1,3-6,11,20H,7-10H2. The summed E-state index contributed by atoms with van der Waals surface area (Å²) in [5.74, 6) is 2.48. The van der Waals surface area contributed by atoms with Crippen LogP contribution in [0.15, 0.2) is 30.6 Å². The number of aliphatic hydroxyl groups is 1. The molecule has 102 valence electrons. The van der Waals surface area contributed by atoms with Crippen LogP contribution >= 0.6 is 0 Å². The maximum atomic E-state index is 10.0. The van der Waals surface area contributed by atoms with Crippen LogP contribution in [0.1, 0.15) is 12.8 Å². The highest BCUT2D eigenvalue weighted by Gasteiger charge is 2.30. The van der Waals surface area contributed by atoms with E-state index in [1.165, 1.54) is 0 Å². The van der Waals surface area contributed by atoms with Gasteiger partial charge in [0.15, 0.2) is 0 Å². The summed E-state index contributed by atoms with van der Waals surface area (Å²) in [7, 11) is 0. The van der Waals surface area contributed by atoms with Crippen LogP contribution in [0, 0.1) is 12.3 Å². The van der Waals surface area contributed by atoms with Gasteiger partial charge in [0.25, 0.3) is 0 Å². The number of piperidine rings is 1. The Labute approximate surface area is 117 Å². The fourth-order valence-corrected chi connectivity index (χ4v) is 2.37. The molecule has 1 N–H and O–H groups in total. The molecule has 1 aliphatic rings. The molecule has 1 aliphatic heterocycles. The zero-order chi connectivity index (χ0) is 14.0. The van der Waals surface area contributed by atoms with Crippen LogP contribution in [0.4, 0.5) is 5.69 Å². The van der Waals surface area contributed by atoms with Gasteiger partial charge in [-0.2, -0.15) is 0 Å². The number of anilines is 1. The van der Waals surface area contributed by atoms with Gasteiger partial charge in [-0.25, -0.2) is 4.68 Å². The third-order valence-electron chi connectivity index (χ3n) is 3.69. The Balaban J connectivity index is 1.72. The molecule has 0 bridgehead atoms. The van der Waals surface area contributed by atoms with Crippen molar-refractivity contribution in [3.05, 3.63) is 30.6 Å². The Morgan fingerprint density at radius 2 is 1.80 bits per heavy atom. The molecule has 0 aliphatic carbocycles. The smallest absolute Gasteiger partial charge is 0.143 e. The number of benzene rings is 1. The lowest BCUT2D eigenvalue weighted by Crippen LogP contribution is -2.43. The molecule has 1 saturated heterocycles. The van der Waals surface area contributed by atoms with Crippen LogP contribution in [0.5, 0.6) is 0 Å². The molecule has 0 spiro atoms. The van der Waals surface area contributed by atoms with Crippen LogP contribution in [0.3, 0.4) is 0 Å². The van der Waals surface area contributed by atoms with Gasteiger partial charge in [0.1, 0.15) is 11.9 Å². The molecule has 0 atom stereocenters. The minimum Gasteiger partial charge on any atom is -0.377 e. The minimum absolute atomic E-state index is 0.595. The second-order valence-electron chi connectivity index (χ2n) is 4.93. The summed E-state index contributed by atoms with van der Waals surface area (Å²) in [6.45, 7) is 1.51. The van der Waals surface area contributed by atoms with Crippen molar-refractivity contribution in [3.8, 4) is 18.0 Å². The average Bonchev–Trinajstić information content (AvgIpc) is 3.03. The van der Waals surface area contributed by atoms with E-state index in [0.717, 1.165) is 24.5 Å². The fraction of sp³-hybridized carbons (Fsp3) is 0.357. The van der Waals surface area contributed by atoms with E-state index in [1.807, 2.05) is 24.3 Å². The first-order valence-electron chi connectivity index (χ1n) is 6.49. The normalized spacial score (nSPS) is 17.7. The molecule has 0 saturated carbocycles. The molecule has 6 nitrogen and oxygen atoms in total. The third kappa shape index (κ3) is 2.36. The van der Waals surface area contributed by atoms with Crippen LogP contribution in [0.2, 0.25) is 0 Å². The van der Waals surface area contributed by atoms with Gasteiger partial charge in [-0.1, -0.05) is 5.92 Å². The first-order chi connectivity index (χ1) is 9.70. The van der Waals surface area contributed by atoms with Gasteiger partial charge in [0, 0.05) is 31.6 Å². The zero-order valence-electron chi connectivity index (χ0n) is 11.0. The molecule has 0 radical (unpaired) electrons. The predicted molar refractivity (Wildman–Crippen MR) is 74.4 cm³/mol. The van der Waals surface area contributed by atoms with Crippen molar-refractivity contribution in [2.24, 2.45) is 0 Å². The van der Waals surface area contributed by atoms with Crippen LogP contribution in [0.25, 0.3) is 5.69 Å². The molecule has 2 aromatic rings. The summed E-state index contributed by atoms with van der Waals surface area (Å²) in [5, 5.41) is 21.1. The van der Waals surface area contributed by atoms with E-state index in [1.54, 1.807) is 11.0 Å². The van der Waals surface area contributed by atoms with E-state index in [9.17, 15) is 5.11 Å². The molecular weight excluding hydrogens is 254 g/mol. The summed E-state index contributed by atoms with van der Waals surface area (Å²) in [6, 6.07) is 7.98. The Kier molecular flexibility index (Phi) is 3.12. The highest BCUT2D eigenvalue weighted by Crippen LogP contribution is 2.26. The van der Waals surface area contributed by atoms with Gasteiger partial charge >= 0.3 is 0 Å². The molecule has 1 aromatic carbocycles. The second kappa shape index (κ2) is 4.94. The largest absolute Gasteiger partial charge is 0.377 e. The van der Waals surface area contributed by atoms with E-state index in [2.05, 4.69) is 26.3 Å². The number of hydrogen-bond donors (Lipinski definition) is 1. The molecular formula is C14H15N5O.